The van der Waals surface area contributed by atoms with Gasteiger partial charge in [0, 0.05) is 18.0 Å². The second-order valence-corrected chi connectivity index (χ2v) is 5.78. The van der Waals surface area contributed by atoms with Crippen LogP contribution in [0.25, 0.3) is 0 Å². The van der Waals surface area contributed by atoms with Crippen LogP contribution < -0.4 is 0 Å². The van der Waals surface area contributed by atoms with Crippen molar-refractivity contribution in [3.05, 3.63) is 53.9 Å². The van der Waals surface area contributed by atoms with E-state index in [4.69, 9.17) is 5.26 Å². The Morgan fingerprint density at radius 3 is 2.95 bits per heavy atom. The first-order valence-corrected chi connectivity index (χ1v) is 7.39. The van der Waals surface area contributed by atoms with E-state index < -0.39 is 0 Å². The average Bonchev–Trinajstić information content (AvgIpc) is 2.53. The third kappa shape index (κ3) is 3.81. The second-order valence-electron chi connectivity index (χ2n) is 5.78. The third-order valence-corrected chi connectivity index (χ3v) is 4.27. The number of rotatable bonds is 5. The van der Waals surface area contributed by atoms with E-state index in [-0.39, 0.29) is 0 Å². The highest BCUT2D eigenvalue weighted by atomic mass is 14.6. The molecule has 0 aromatic carbocycles. The number of allylic oxidation sites excluding steroid dienone is 4. The van der Waals surface area contributed by atoms with Crippen LogP contribution in [0, 0.1) is 23.2 Å². The topological polar surface area (TPSA) is 36.7 Å². The molecule has 0 bridgehead atoms. The zero-order chi connectivity index (χ0) is 14.4. The second kappa shape index (κ2) is 7.05. The van der Waals surface area contributed by atoms with Crippen LogP contribution >= 0.6 is 0 Å². The van der Waals surface area contributed by atoms with Crippen LogP contribution in [0.1, 0.15) is 44.6 Å². The molecule has 2 rings (SSSR count). The van der Waals surface area contributed by atoms with Crippen molar-refractivity contribution < 1.29 is 0 Å². The fourth-order valence-electron chi connectivity index (χ4n) is 2.74. The Morgan fingerprint density at radius 1 is 1.40 bits per heavy atom. The number of hydrogen-bond donors (Lipinski definition) is 0. The molecule has 3 unspecified atom stereocenters. The Morgan fingerprint density at radius 2 is 2.25 bits per heavy atom. The van der Waals surface area contributed by atoms with Crippen molar-refractivity contribution in [3.8, 4) is 6.07 Å². The Balaban J connectivity index is 1.87. The predicted octanol–water partition coefficient (Wildman–Crippen LogP) is 4.63. The number of aromatic nitrogens is 1. The summed E-state index contributed by atoms with van der Waals surface area (Å²) in [4.78, 5) is 4.19. The highest BCUT2D eigenvalue weighted by molar-refractivity contribution is 5.36. The number of pyridine rings is 1. The summed E-state index contributed by atoms with van der Waals surface area (Å²) in [5.41, 5.74) is 2.13. The summed E-state index contributed by atoms with van der Waals surface area (Å²) in [5.74, 6) is 1.67. The molecule has 1 aliphatic carbocycles. The summed E-state index contributed by atoms with van der Waals surface area (Å²) < 4.78 is 0. The smallest absolute Gasteiger partial charge is 0.0988 e. The lowest BCUT2D eigenvalue weighted by Gasteiger charge is -2.23. The summed E-state index contributed by atoms with van der Waals surface area (Å²) >= 11 is 0. The van der Waals surface area contributed by atoms with E-state index in [0.29, 0.717) is 17.8 Å². The van der Waals surface area contributed by atoms with E-state index in [9.17, 15) is 0 Å². The molecule has 0 fully saturated rings. The van der Waals surface area contributed by atoms with E-state index in [0.717, 1.165) is 12.0 Å². The minimum atomic E-state index is 0.510. The van der Waals surface area contributed by atoms with Crippen molar-refractivity contribution in [2.75, 3.05) is 0 Å². The molecular formula is C18H22N2. The quantitative estimate of drug-likeness (QED) is 0.779. The maximum absolute atomic E-state index is 8.98. The SMILES string of the molecule is CC(CCC(C)C1C=C(C#N)C=CC1)c1cccnc1. The molecule has 0 saturated heterocycles. The summed E-state index contributed by atoms with van der Waals surface area (Å²) in [6.07, 6.45) is 13.4. The van der Waals surface area contributed by atoms with E-state index in [1.807, 2.05) is 24.5 Å². The molecule has 2 nitrogen and oxygen atoms in total. The van der Waals surface area contributed by atoms with E-state index in [2.05, 4.69) is 43.1 Å². The monoisotopic (exact) mass is 266 g/mol. The first-order valence-electron chi connectivity index (χ1n) is 7.39. The van der Waals surface area contributed by atoms with E-state index >= 15 is 0 Å². The van der Waals surface area contributed by atoms with Crippen molar-refractivity contribution in [1.29, 1.82) is 5.26 Å². The maximum atomic E-state index is 8.98. The predicted molar refractivity (Wildman–Crippen MR) is 82.0 cm³/mol. The molecule has 3 atom stereocenters. The molecule has 0 amide bonds. The maximum Gasteiger partial charge on any atom is 0.0988 e. The van der Waals surface area contributed by atoms with Gasteiger partial charge in [-0.1, -0.05) is 32.1 Å². The van der Waals surface area contributed by atoms with E-state index in [1.165, 1.54) is 18.4 Å². The molecule has 104 valence electrons. The van der Waals surface area contributed by atoms with Gasteiger partial charge in [-0.25, -0.2) is 0 Å². The molecule has 0 saturated carbocycles. The molecule has 0 N–H and O–H groups in total. The van der Waals surface area contributed by atoms with Crippen LogP contribution in [0.5, 0.6) is 0 Å². The molecule has 0 spiro atoms. The highest BCUT2D eigenvalue weighted by Crippen LogP contribution is 2.30. The van der Waals surface area contributed by atoms with Crippen molar-refractivity contribution in [1.82, 2.24) is 4.98 Å². The minimum absolute atomic E-state index is 0.510. The van der Waals surface area contributed by atoms with Gasteiger partial charge >= 0.3 is 0 Å². The number of nitriles is 1. The lowest BCUT2D eigenvalue weighted by molar-refractivity contribution is 0.379. The fourth-order valence-corrected chi connectivity index (χ4v) is 2.74. The van der Waals surface area contributed by atoms with Crippen LogP contribution in [0.2, 0.25) is 0 Å². The average molecular weight is 266 g/mol. The molecular weight excluding hydrogens is 244 g/mol. The Kier molecular flexibility index (Phi) is 5.12. The summed E-state index contributed by atoms with van der Waals surface area (Å²) in [5, 5.41) is 8.98. The van der Waals surface area contributed by atoms with Crippen molar-refractivity contribution >= 4 is 0 Å². The molecule has 20 heavy (non-hydrogen) atoms. The lowest BCUT2D eigenvalue weighted by Crippen LogP contribution is -2.12. The minimum Gasteiger partial charge on any atom is -0.264 e. The van der Waals surface area contributed by atoms with Crippen LogP contribution in [-0.2, 0) is 0 Å². The zero-order valence-corrected chi connectivity index (χ0v) is 12.3. The van der Waals surface area contributed by atoms with Gasteiger partial charge in [0.1, 0.15) is 0 Å². The molecule has 1 aromatic heterocycles. The van der Waals surface area contributed by atoms with Gasteiger partial charge < -0.3 is 0 Å². The van der Waals surface area contributed by atoms with Crippen molar-refractivity contribution in [3.63, 3.8) is 0 Å². The van der Waals surface area contributed by atoms with Crippen LogP contribution in [0.3, 0.4) is 0 Å². The van der Waals surface area contributed by atoms with Crippen LogP contribution in [0.15, 0.2) is 48.3 Å². The molecule has 1 aromatic rings. The zero-order valence-electron chi connectivity index (χ0n) is 12.3. The van der Waals surface area contributed by atoms with Gasteiger partial charge in [-0.3, -0.25) is 4.98 Å². The van der Waals surface area contributed by atoms with Gasteiger partial charge in [0.05, 0.1) is 6.07 Å². The molecule has 2 heteroatoms. The van der Waals surface area contributed by atoms with Crippen molar-refractivity contribution in [2.45, 2.75) is 39.0 Å². The first-order chi connectivity index (χ1) is 9.70. The van der Waals surface area contributed by atoms with Gasteiger partial charge in [0.2, 0.25) is 0 Å². The summed E-state index contributed by atoms with van der Waals surface area (Å²) in [7, 11) is 0. The van der Waals surface area contributed by atoms with Crippen molar-refractivity contribution in [2.24, 2.45) is 11.8 Å². The molecule has 0 radical (unpaired) electrons. The highest BCUT2D eigenvalue weighted by Gasteiger charge is 2.18. The third-order valence-electron chi connectivity index (χ3n) is 4.27. The van der Waals surface area contributed by atoms with Gasteiger partial charge in [-0.05, 0) is 54.7 Å². The lowest BCUT2D eigenvalue weighted by atomic mass is 9.82. The van der Waals surface area contributed by atoms with Gasteiger partial charge in [0.15, 0.2) is 0 Å². The fraction of sp³-hybridized carbons (Fsp3) is 0.444. The number of nitrogens with zero attached hydrogens (tertiary/aromatic N) is 2. The Bertz CT molecular complexity index is 522. The summed E-state index contributed by atoms with van der Waals surface area (Å²) in [6, 6.07) is 6.40. The summed E-state index contributed by atoms with van der Waals surface area (Å²) in [6.45, 7) is 4.56. The van der Waals surface area contributed by atoms with E-state index in [1.54, 1.807) is 0 Å². The van der Waals surface area contributed by atoms with Gasteiger partial charge in [-0.15, -0.1) is 0 Å². The van der Waals surface area contributed by atoms with Gasteiger partial charge in [-0.2, -0.15) is 5.26 Å². The van der Waals surface area contributed by atoms with Crippen LogP contribution in [0.4, 0.5) is 0 Å². The molecule has 1 aliphatic rings. The number of hydrogen-bond acceptors (Lipinski definition) is 2. The molecule has 1 heterocycles. The Labute approximate surface area is 121 Å². The Hall–Kier alpha value is -1.88. The first kappa shape index (κ1) is 14.5. The standard InChI is InChI=1S/C18H22N2/c1-14(17-6-3-5-16(11-17)12-19)8-9-15(2)18-7-4-10-20-13-18/h3-5,7,10-11,13-15,17H,6,8-9H2,1-2H3. The largest absolute Gasteiger partial charge is 0.264 e. The van der Waals surface area contributed by atoms with Crippen LogP contribution in [-0.4, -0.2) is 4.98 Å². The van der Waals surface area contributed by atoms with Gasteiger partial charge in [0.25, 0.3) is 0 Å². The molecule has 0 aliphatic heterocycles. The normalized spacial score (nSPS) is 20.9.